The van der Waals surface area contributed by atoms with E-state index in [2.05, 4.69) is 5.10 Å². The molecular weight excluding hydrogens is 397 g/mol. The number of nitrogens with zero attached hydrogens (tertiary/aromatic N) is 3. The van der Waals surface area contributed by atoms with Crippen molar-refractivity contribution in [2.75, 3.05) is 13.1 Å². The lowest BCUT2D eigenvalue weighted by atomic mass is 10.1. The Morgan fingerprint density at radius 2 is 1.97 bits per heavy atom. The summed E-state index contributed by atoms with van der Waals surface area (Å²) in [5.41, 5.74) is 4.10. The summed E-state index contributed by atoms with van der Waals surface area (Å²) in [7, 11) is 0. The average molecular weight is 420 g/mol. The number of rotatable bonds is 4. The van der Waals surface area contributed by atoms with Gasteiger partial charge in [-0.1, -0.05) is 18.2 Å². The molecule has 9 heteroatoms. The van der Waals surface area contributed by atoms with Crippen molar-refractivity contribution in [3.8, 4) is 5.69 Å². The highest BCUT2D eigenvalue weighted by molar-refractivity contribution is 5.98. The maximum Gasteiger partial charge on any atom is 0.405 e. The molecule has 0 saturated carbocycles. The minimum absolute atomic E-state index is 0.307. The number of carbonyl (C=O) groups excluding carboxylic acids is 2. The van der Waals surface area contributed by atoms with E-state index in [1.165, 1.54) is 4.90 Å². The van der Waals surface area contributed by atoms with Crippen molar-refractivity contribution in [3.05, 3.63) is 46.8 Å². The van der Waals surface area contributed by atoms with Crippen molar-refractivity contribution in [2.45, 2.75) is 51.2 Å². The van der Waals surface area contributed by atoms with Gasteiger partial charge in [0.1, 0.15) is 12.6 Å². The predicted molar refractivity (Wildman–Crippen MR) is 103 cm³/mol. The number of fused-ring (bicyclic) bond motifs is 1. The van der Waals surface area contributed by atoms with Crippen LogP contribution in [-0.2, 0) is 17.6 Å². The van der Waals surface area contributed by atoms with Gasteiger partial charge in [0.05, 0.1) is 5.69 Å². The van der Waals surface area contributed by atoms with Gasteiger partial charge in [-0.3, -0.25) is 9.59 Å². The standard InChI is InChI=1S/C21H23F3N4O2/c1-13-6-2-3-8-15(13)28-16-9-4-7-14(16)18(26-28)20(30)27-11-5-10-17(27)19(29)25-12-21(22,23)24/h2-3,6,8,17H,4-5,7,9-12H2,1H3,(H,25,29). The Labute approximate surface area is 172 Å². The molecule has 30 heavy (non-hydrogen) atoms. The van der Waals surface area contributed by atoms with Crippen molar-refractivity contribution in [1.82, 2.24) is 20.0 Å². The number of amides is 2. The Hall–Kier alpha value is -2.84. The molecule has 2 aliphatic rings. The summed E-state index contributed by atoms with van der Waals surface area (Å²) >= 11 is 0. The van der Waals surface area contributed by atoms with Crippen molar-refractivity contribution >= 4 is 11.8 Å². The lowest BCUT2D eigenvalue weighted by molar-refractivity contribution is -0.140. The Morgan fingerprint density at radius 3 is 2.70 bits per heavy atom. The zero-order chi connectivity index (χ0) is 21.5. The van der Waals surface area contributed by atoms with Crippen LogP contribution in [0.1, 0.15) is 46.6 Å². The number of halogens is 3. The zero-order valence-corrected chi connectivity index (χ0v) is 16.6. The second kappa shape index (κ2) is 7.77. The average Bonchev–Trinajstić information content (AvgIpc) is 3.41. The first-order valence-electron chi connectivity index (χ1n) is 10.1. The SMILES string of the molecule is Cc1ccccc1-n1nc(C(=O)N2CCCC2C(=O)NCC(F)(F)F)c2c1CCC2. The normalized spacial score (nSPS) is 18.5. The first kappa shape index (κ1) is 20.4. The summed E-state index contributed by atoms with van der Waals surface area (Å²) < 4.78 is 39.2. The quantitative estimate of drug-likeness (QED) is 0.827. The number of aromatic nitrogens is 2. The third kappa shape index (κ3) is 3.80. The van der Waals surface area contributed by atoms with Gasteiger partial charge in [0.15, 0.2) is 5.69 Å². The van der Waals surface area contributed by atoms with Crippen LogP contribution >= 0.6 is 0 Å². The molecule has 2 aromatic rings. The molecule has 1 fully saturated rings. The van der Waals surface area contributed by atoms with E-state index < -0.39 is 24.7 Å². The van der Waals surface area contributed by atoms with Crippen LogP contribution in [0.2, 0.25) is 0 Å². The number of hydrogen-bond donors (Lipinski definition) is 1. The molecule has 1 aromatic carbocycles. The van der Waals surface area contributed by atoms with Crippen molar-refractivity contribution in [1.29, 1.82) is 0 Å². The Bertz CT molecular complexity index is 983. The van der Waals surface area contributed by atoms with Crippen LogP contribution in [-0.4, -0.2) is 51.8 Å². The number of para-hydroxylation sites is 1. The van der Waals surface area contributed by atoms with Gasteiger partial charge >= 0.3 is 6.18 Å². The third-order valence-corrected chi connectivity index (χ3v) is 5.76. The van der Waals surface area contributed by atoms with Crippen molar-refractivity contribution in [3.63, 3.8) is 0 Å². The highest BCUT2D eigenvalue weighted by Crippen LogP contribution is 2.31. The fourth-order valence-corrected chi connectivity index (χ4v) is 4.33. The number of likely N-dealkylation sites (tertiary alicyclic amines) is 1. The van der Waals surface area contributed by atoms with E-state index in [1.807, 2.05) is 36.5 Å². The first-order valence-corrected chi connectivity index (χ1v) is 10.1. The Balaban J connectivity index is 1.61. The fraction of sp³-hybridized carbons (Fsp3) is 0.476. The van der Waals surface area contributed by atoms with Gasteiger partial charge in [-0.2, -0.15) is 18.3 Å². The van der Waals surface area contributed by atoms with Crippen LogP contribution in [0.15, 0.2) is 24.3 Å². The number of nitrogens with one attached hydrogen (secondary N) is 1. The van der Waals surface area contributed by atoms with Crippen molar-refractivity contribution < 1.29 is 22.8 Å². The molecule has 2 amide bonds. The number of carbonyl (C=O) groups is 2. The molecule has 0 bridgehead atoms. The molecule has 1 unspecified atom stereocenters. The lowest BCUT2D eigenvalue weighted by Crippen LogP contribution is -2.48. The summed E-state index contributed by atoms with van der Waals surface area (Å²) in [6.45, 7) is 0.901. The van der Waals surface area contributed by atoms with Crippen LogP contribution in [0.25, 0.3) is 5.69 Å². The van der Waals surface area contributed by atoms with E-state index in [4.69, 9.17) is 0 Å². The van der Waals surface area contributed by atoms with Gasteiger partial charge in [-0.15, -0.1) is 0 Å². The molecular formula is C21H23F3N4O2. The Morgan fingerprint density at radius 1 is 1.20 bits per heavy atom. The van der Waals surface area contributed by atoms with Gasteiger partial charge in [0.25, 0.3) is 5.91 Å². The molecule has 1 N–H and O–H groups in total. The van der Waals surface area contributed by atoms with E-state index in [0.29, 0.717) is 25.1 Å². The largest absolute Gasteiger partial charge is 0.405 e. The van der Waals surface area contributed by atoms with Crippen LogP contribution in [0.3, 0.4) is 0 Å². The molecule has 1 aliphatic heterocycles. The molecule has 0 radical (unpaired) electrons. The molecule has 4 rings (SSSR count). The highest BCUT2D eigenvalue weighted by Gasteiger charge is 2.39. The Kier molecular flexibility index (Phi) is 5.29. The van der Waals surface area contributed by atoms with Gasteiger partial charge in [0, 0.05) is 17.8 Å². The van der Waals surface area contributed by atoms with E-state index in [-0.39, 0.29) is 5.91 Å². The maximum atomic E-state index is 13.3. The summed E-state index contributed by atoms with van der Waals surface area (Å²) in [6, 6.07) is 6.86. The smallest absolute Gasteiger partial charge is 0.345 e. The predicted octanol–water partition coefficient (Wildman–Crippen LogP) is 2.95. The summed E-state index contributed by atoms with van der Waals surface area (Å²) in [5.74, 6) is -1.15. The van der Waals surface area contributed by atoms with Crippen LogP contribution < -0.4 is 5.32 Å². The summed E-state index contributed by atoms with van der Waals surface area (Å²) in [6.07, 6.45) is -1.14. The molecule has 6 nitrogen and oxygen atoms in total. The van der Waals surface area contributed by atoms with E-state index in [1.54, 1.807) is 4.68 Å². The molecule has 1 aliphatic carbocycles. The number of benzene rings is 1. The topological polar surface area (TPSA) is 67.2 Å². The van der Waals surface area contributed by atoms with Crippen LogP contribution in [0, 0.1) is 6.92 Å². The fourth-order valence-electron chi connectivity index (χ4n) is 4.33. The van der Waals surface area contributed by atoms with E-state index in [0.717, 1.165) is 41.8 Å². The number of aryl methyl sites for hydroxylation is 1. The zero-order valence-electron chi connectivity index (χ0n) is 16.6. The second-order valence-corrected chi connectivity index (χ2v) is 7.82. The first-order chi connectivity index (χ1) is 14.3. The van der Waals surface area contributed by atoms with E-state index >= 15 is 0 Å². The minimum atomic E-state index is -4.49. The van der Waals surface area contributed by atoms with Crippen LogP contribution in [0.4, 0.5) is 13.2 Å². The highest BCUT2D eigenvalue weighted by atomic mass is 19.4. The summed E-state index contributed by atoms with van der Waals surface area (Å²) in [5, 5.41) is 6.51. The maximum absolute atomic E-state index is 13.3. The van der Waals surface area contributed by atoms with Gasteiger partial charge in [-0.25, -0.2) is 4.68 Å². The number of hydrogen-bond acceptors (Lipinski definition) is 3. The molecule has 1 aromatic heterocycles. The van der Waals surface area contributed by atoms with Gasteiger partial charge < -0.3 is 10.2 Å². The van der Waals surface area contributed by atoms with Crippen molar-refractivity contribution in [2.24, 2.45) is 0 Å². The molecule has 2 heterocycles. The molecule has 1 saturated heterocycles. The minimum Gasteiger partial charge on any atom is -0.345 e. The monoisotopic (exact) mass is 420 g/mol. The molecule has 1 atom stereocenters. The lowest BCUT2D eigenvalue weighted by Gasteiger charge is -2.23. The summed E-state index contributed by atoms with van der Waals surface area (Å²) in [4.78, 5) is 27.0. The number of alkyl halides is 3. The van der Waals surface area contributed by atoms with Gasteiger partial charge in [0.2, 0.25) is 5.91 Å². The molecule has 160 valence electrons. The molecule has 0 spiro atoms. The van der Waals surface area contributed by atoms with Crippen LogP contribution in [0.5, 0.6) is 0 Å². The second-order valence-electron chi connectivity index (χ2n) is 7.82. The van der Waals surface area contributed by atoms with E-state index in [9.17, 15) is 22.8 Å². The van der Waals surface area contributed by atoms with Gasteiger partial charge in [-0.05, 0) is 50.7 Å². The third-order valence-electron chi connectivity index (χ3n) is 5.76.